The Labute approximate surface area is 107 Å². The largest absolute Gasteiger partial charge is 0.370 e. The Bertz CT molecular complexity index is 419. The lowest BCUT2D eigenvalue weighted by atomic mass is 9.85. The van der Waals surface area contributed by atoms with Crippen LogP contribution in [-0.2, 0) is 4.79 Å². The van der Waals surface area contributed by atoms with Crippen molar-refractivity contribution in [2.45, 2.75) is 32.1 Å². The second-order valence-electron chi connectivity index (χ2n) is 5.21. The number of aromatic nitrogens is 1. The molecule has 2 heterocycles. The first-order valence-corrected chi connectivity index (χ1v) is 6.85. The van der Waals surface area contributed by atoms with E-state index in [4.69, 9.17) is 0 Å². The van der Waals surface area contributed by atoms with Crippen molar-refractivity contribution in [1.29, 1.82) is 0 Å². The lowest BCUT2D eigenvalue weighted by molar-refractivity contribution is -0.122. The van der Waals surface area contributed by atoms with Crippen LogP contribution in [0.4, 0.5) is 11.5 Å². The number of hydrogen-bond donors (Lipinski definition) is 1. The fraction of sp³-hybridized carbons (Fsp3) is 0.571. The maximum absolute atomic E-state index is 11.8. The number of rotatable bonds is 3. The minimum Gasteiger partial charge on any atom is -0.370 e. The van der Waals surface area contributed by atoms with Crippen LogP contribution in [0.15, 0.2) is 18.3 Å². The molecule has 0 spiro atoms. The lowest BCUT2D eigenvalue weighted by Gasteiger charge is -2.24. The van der Waals surface area contributed by atoms with E-state index in [1.807, 2.05) is 12.3 Å². The molecule has 1 aromatic heterocycles. The minimum absolute atomic E-state index is 0.127. The summed E-state index contributed by atoms with van der Waals surface area (Å²) < 4.78 is 0. The van der Waals surface area contributed by atoms with E-state index in [1.54, 1.807) is 0 Å². The summed E-state index contributed by atoms with van der Waals surface area (Å²) in [7, 11) is 0. The Kier molecular flexibility index (Phi) is 3.17. The second-order valence-corrected chi connectivity index (χ2v) is 5.21. The van der Waals surface area contributed by atoms with Gasteiger partial charge in [-0.2, -0.15) is 0 Å². The van der Waals surface area contributed by atoms with Gasteiger partial charge in [-0.3, -0.25) is 4.79 Å². The molecule has 18 heavy (non-hydrogen) atoms. The van der Waals surface area contributed by atoms with Crippen molar-refractivity contribution in [3.05, 3.63) is 18.3 Å². The Morgan fingerprint density at radius 2 is 2.00 bits per heavy atom. The van der Waals surface area contributed by atoms with Crippen molar-refractivity contribution >= 4 is 17.4 Å². The summed E-state index contributed by atoms with van der Waals surface area (Å²) in [6.07, 6.45) is 7.62. The lowest BCUT2D eigenvalue weighted by Crippen LogP contribution is -2.28. The molecule has 0 bridgehead atoms. The van der Waals surface area contributed by atoms with Gasteiger partial charge in [0, 0.05) is 19.0 Å². The van der Waals surface area contributed by atoms with Gasteiger partial charge in [0.25, 0.3) is 0 Å². The predicted octanol–water partition coefficient (Wildman–Crippen LogP) is 2.42. The highest BCUT2D eigenvalue weighted by molar-refractivity contribution is 5.92. The SMILES string of the molecule is O=C(Nc1ccc(N2CCCC2)cn1)C1CCC1. The first-order valence-electron chi connectivity index (χ1n) is 6.85. The molecule has 0 atom stereocenters. The molecule has 1 amide bonds. The zero-order valence-corrected chi connectivity index (χ0v) is 10.6. The number of amides is 1. The summed E-state index contributed by atoms with van der Waals surface area (Å²) in [4.78, 5) is 18.4. The number of pyridine rings is 1. The zero-order chi connectivity index (χ0) is 12.4. The molecule has 1 N–H and O–H groups in total. The van der Waals surface area contributed by atoms with Gasteiger partial charge in [0.2, 0.25) is 5.91 Å². The zero-order valence-electron chi connectivity index (χ0n) is 10.6. The third-order valence-electron chi connectivity index (χ3n) is 3.95. The average Bonchev–Trinajstić information content (AvgIpc) is 2.81. The van der Waals surface area contributed by atoms with Gasteiger partial charge < -0.3 is 10.2 Å². The van der Waals surface area contributed by atoms with Gasteiger partial charge in [0.15, 0.2) is 0 Å². The van der Waals surface area contributed by atoms with Crippen LogP contribution in [0.25, 0.3) is 0 Å². The van der Waals surface area contributed by atoms with Crippen molar-refractivity contribution in [2.24, 2.45) is 5.92 Å². The molecule has 0 unspecified atom stereocenters. The van der Waals surface area contributed by atoms with Crippen LogP contribution >= 0.6 is 0 Å². The maximum atomic E-state index is 11.8. The van der Waals surface area contributed by atoms with Crippen LogP contribution < -0.4 is 10.2 Å². The molecule has 1 aliphatic heterocycles. The molecule has 3 rings (SSSR count). The highest BCUT2D eigenvalue weighted by atomic mass is 16.2. The number of anilines is 2. The van der Waals surface area contributed by atoms with Gasteiger partial charge in [-0.25, -0.2) is 4.98 Å². The quantitative estimate of drug-likeness (QED) is 0.889. The summed E-state index contributed by atoms with van der Waals surface area (Å²) in [5, 5.41) is 2.89. The Balaban J connectivity index is 1.61. The van der Waals surface area contributed by atoms with E-state index in [0.717, 1.165) is 31.6 Å². The fourth-order valence-electron chi connectivity index (χ4n) is 2.52. The topological polar surface area (TPSA) is 45.2 Å². The van der Waals surface area contributed by atoms with Gasteiger partial charge in [0.05, 0.1) is 11.9 Å². The molecular formula is C14H19N3O. The number of nitrogens with zero attached hydrogens (tertiary/aromatic N) is 2. The molecule has 1 aliphatic carbocycles. The summed E-state index contributed by atoms with van der Waals surface area (Å²) in [5.41, 5.74) is 1.16. The molecule has 2 aliphatic rings. The normalized spacial score (nSPS) is 19.7. The molecule has 0 aromatic carbocycles. The Hall–Kier alpha value is -1.58. The van der Waals surface area contributed by atoms with Crippen LogP contribution in [-0.4, -0.2) is 24.0 Å². The monoisotopic (exact) mass is 245 g/mol. The highest BCUT2D eigenvalue weighted by Gasteiger charge is 2.25. The molecule has 4 nitrogen and oxygen atoms in total. The van der Waals surface area contributed by atoms with E-state index >= 15 is 0 Å². The highest BCUT2D eigenvalue weighted by Crippen LogP contribution is 2.27. The van der Waals surface area contributed by atoms with Gasteiger partial charge in [-0.1, -0.05) is 6.42 Å². The van der Waals surface area contributed by atoms with Crippen molar-refractivity contribution in [2.75, 3.05) is 23.3 Å². The summed E-state index contributed by atoms with van der Waals surface area (Å²) in [6, 6.07) is 3.96. The Morgan fingerprint density at radius 1 is 1.22 bits per heavy atom. The standard InChI is InChI=1S/C14H19N3O/c18-14(11-4-3-5-11)16-13-7-6-12(10-15-13)17-8-1-2-9-17/h6-7,10-11H,1-5,8-9H2,(H,15,16,18). The van der Waals surface area contributed by atoms with Crippen molar-refractivity contribution in [3.8, 4) is 0 Å². The van der Waals surface area contributed by atoms with Crippen LogP contribution in [0, 0.1) is 5.92 Å². The van der Waals surface area contributed by atoms with Gasteiger partial charge in [0.1, 0.15) is 5.82 Å². The van der Waals surface area contributed by atoms with E-state index < -0.39 is 0 Å². The summed E-state index contributed by atoms with van der Waals surface area (Å²) >= 11 is 0. The van der Waals surface area contributed by atoms with Gasteiger partial charge >= 0.3 is 0 Å². The molecule has 1 saturated heterocycles. The molecule has 1 saturated carbocycles. The third kappa shape index (κ3) is 2.33. The van der Waals surface area contributed by atoms with Gasteiger partial charge in [-0.05, 0) is 37.8 Å². The van der Waals surface area contributed by atoms with E-state index in [-0.39, 0.29) is 11.8 Å². The average molecular weight is 245 g/mol. The van der Waals surface area contributed by atoms with Crippen molar-refractivity contribution < 1.29 is 4.79 Å². The Morgan fingerprint density at radius 3 is 2.56 bits per heavy atom. The first kappa shape index (κ1) is 11.5. The molecule has 96 valence electrons. The van der Waals surface area contributed by atoms with Crippen LogP contribution in [0.5, 0.6) is 0 Å². The number of hydrogen-bond acceptors (Lipinski definition) is 3. The van der Waals surface area contributed by atoms with Crippen LogP contribution in [0.3, 0.4) is 0 Å². The number of carbonyl (C=O) groups is 1. The van der Waals surface area contributed by atoms with E-state index in [2.05, 4.69) is 21.3 Å². The second kappa shape index (κ2) is 4.96. The number of nitrogens with one attached hydrogen (secondary N) is 1. The van der Waals surface area contributed by atoms with E-state index in [9.17, 15) is 4.79 Å². The smallest absolute Gasteiger partial charge is 0.228 e. The maximum Gasteiger partial charge on any atom is 0.228 e. The molecule has 2 fully saturated rings. The van der Waals surface area contributed by atoms with E-state index in [1.165, 1.54) is 19.3 Å². The van der Waals surface area contributed by atoms with Crippen molar-refractivity contribution in [3.63, 3.8) is 0 Å². The van der Waals surface area contributed by atoms with Gasteiger partial charge in [-0.15, -0.1) is 0 Å². The molecule has 4 heteroatoms. The molecular weight excluding hydrogens is 226 g/mol. The van der Waals surface area contributed by atoms with E-state index in [0.29, 0.717) is 5.82 Å². The predicted molar refractivity (Wildman–Crippen MR) is 71.7 cm³/mol. The third-order valence-corrected chi connectivity index (χ3v) is 3.95. The first-order chi connectivity index (χ1) is 8.83. The minimum atomic E-state index is 0.127. The van der Waals surface area contributed by atoms with Crippen LogP contribution in [0.1, 0.15) is 32.1 Å². The van der Waals surface area contributed by atoms with Crippen molar-refractivity contribution in [1.82, 2.24) is 4.98 Å². The summed E-state index contributed by atoms with van der Waals surface area (Å²) in [5.74, 6) is 1.02. The molecule has 0 radical (unpaired) electrons. The number of carbonyl (C=O) groups excluding carboxylic acids is 1. The molecule has 1 aromatic rings. The fourth-order valence-corrected chi connectivity index (χ4v) is 2.52. The summed E-state index contributed by atoms with van der Waals surface area (Å²) in [6.45, 7) is 2.24. The van der Waals surface area contributed by atoms with Crippen LogP contribution in [0.2, 0.25) is 0 Å².